The van der Waals surface area contributed by atoms with Crippen LogP contribution in [0.1, 0.15) is 58.7 Å². The van der Waals surface area contributed by atoms with E-state index in [1.807, 2.05) is 19.9 Å². The van der Waals surface area contributed by atoms with Gasteiger partial charge in [-0.1, -0.05) is 48.2 Å². The third-order valence-corrected chi connectivity index (χ3v) is 7.20. The Morgan fingerprint density at radius 3 is 2.14 bits per heavy atom. The molecule has 1 atom stereocenters. The maximum atomic E-state index is 13.1. The lowest BCUT2D eigenvalue weighted by Gasteiger charge is -2.20. The van der Waals surface area contributed by atoms with Crippen molar-refractivity contribution in [3.63, 3.8) is 0 Å². The number of rotatable bonds is 5. The molecule has 5 rings (SSSR count). The van der Waals surface area contributed by atoms with Crippen molar-refractivity contribution in [1.82, 2.24) is 9.55 Å². The molecule has 36 heavy (non-hydrogen) atoms. The number of thioether (sulfide) groups is 1. The summed E-state index contributed by atoms with van der Waals surface area (Å²) in [7, 11) is 0. The molecule has 0 bridgehead atoms. The van der Waals surface area contributed by atoms with Gasteiger partial charge in [0, 0.05) is 34.0 Å². The van der Waals surface area contributed by atoms with Crippen LogP contribution in [0.5, 0.6) is 0 Å². The van der Waals surface area contributed by atoms with Gasteiger partial charge in [-0.05, 0) is 51.1 Å². The van der Waals surface area contributed by atoms with E-state index in [1.165, 1.54) is 11.8 Å². The summed E-state index contributed by atoms with van der Waals surface area (Å²) < 4.78 is 1.59. The van der Waals surface area contributed by atoms with Crippen molar-refractivity contribution >= 4 is 45.8 Å². The molecule has 0 fully saturated rings. The van der Waals surface area contributed by atoms with Crippen molar-refractivity contribution in [3.05, 3.63) is 99.3 Å². The van der Waals surface area contributed by atoms with E-state index in [0.29, 0.717) is 38.4 Å². The number of fused-ring (bicyclic) bond motifs is 3. The third-order valence-electron chi connectivity index (χ3n) is 6.14. The van der Waals surface area contributed by atoms with E-state index < -0.39 is 5.25 Å². The second kappa shape index (κ2) is 9.20. The zero-order valence-corrected chi connectivity index (χ0v) is 20.8. The number of aromatic nitrogens is 2. The van der Waals surface area contributed by atoms with Crippen LogP contribution in [0.25, 0.3) is 10.9 Å². The number of nitrogens with one attached hydrogen (secondary N) is 1. The number of ketones is 2. The van der Waals surface area contributed by atoms with Crippen LogP contribution < -0.4 is 10.9 Å². The number of para-hydroxylation sites is 1. The Hall–Kier alpha value is -4.04. The van der Waals surface area contributed by atoms with E-state index in [9.17, 15) is 19.2 Å². The van der Waals surface area contributed by atoms with Crippen LogP contribution in [-0.4, -0.2) is 32.3 Å². The van der Waals surface area contributed by atoms with Gasteiger partial charge in [-0.3, -0.25) is 23.7 Å². The Morgan fingerprint density at radius 2 is 1.44 bits per heavy atom. The van der Waals surface area contributed by atoms with Gasteiger partial charge in [0.1, 0.15) is 0 Å². The number of hydrogen-bond acceptors (Lipinski definition) is 6. The molecule has 8 heteroatoms. The highest BCUT2D eigenvalue weighted by atomic mass is 32.2. The lowest BCUT2D eigenvalue weighted by atomic mass is 9.84. The Bertz CT molecular complexity index is 1620. The zero-order valence-electron chi connectivity index (χ0n) is 19.9. The van der Waals surface area contributed by atoms with Gasteiger partial charge in [0.05, 0.1) is 16.2 Å². The molecule has 1 amide bonds. The van der Waals surface area contributed by atoms with E-state index in [2.05, 4.69) is 10.3 Å². The van der Waals surface area contributed by atoms with Gasteiger partial charge in [0.25, 0.3) is 5.56 Å². The quantitative estimate of drug-likeness (QED) is 0.275. The molecule has 180 valence electrons. The van der Waals surface area contributed by atoms with Crippen LogP contribution in [0.4, 0.5) is 5.69 Å². The van der Waals surface area contributed by atoms with Crippen molar-refractivity contribution in [2.45, 2.75) is 37.2 Å². The Kier molecular flexibility index (Phi) is 6.05. The smallest absolute Gasteiger partial charge is 0.262 e. The summed E-state index contributed by atoms with van der Waals surface area (Å²) in [5, 5.41) is 3.24. The van der Waals surface area contributed by atoms with Gasteiger partial charge in [-0.15, -0.1) is 0 Å². The molecule has 0 saturated carbocycles. The van der Waals surface area contributed by atoms with Crippen LogP contribution in [0.15, 0.2) is 76.7 Å². The van der Waals surface area contributed by atoms with Crippen molar-refractivity contribution in [3.8, 4) is 0 Å². The monoisotopic (exact) mass is 497 g/mol. The molecule has 1 unspecified atom stereocenters. The zero-order chi connectivity index (χ0) is 25.6. The summed E-state index contributed by atoms with van der Waals surface area (Å²) in [6.07, 6.45) is 0. The first-order valence-corrected chi connectivity index (χ1v) is 12.5. The van der Waals surface area contributed by atoms with Crippen molar-refractivity contribution in [2.24, 2.45) is 0 Å². The first-order valence-electron chi connectivity index (χ1n) is 11.6. The number of carbonyl (C=O) groups excluding carboxylic acids is 3. The second-order valence-corrected chi connectivity index (χ2v) is 10.2. The second-order valence-electron chi connectivity index (χ2n) is 8.89. The third kappa shape index (κ3) is 4.03. The average Bonchev–Trinajstić information content (AvgIpc) is 2.87. The van der Waals surface area contributed by atoms with Crippen LogP contribution in [0, 0.1) is 0 Å². The number of benzene rings is 3. The molecular formula is C28H23N3O4S. The Balaban J connectivity index is 1.40. The summed E-state index contributed by atoms with van der Waals surface area (Å²) in [4.78, 5) is 56.6. The van der Waals surface area contributed by atoms with E-state index in [4.69, 9.17) is 0 Å². The summed E-state index contributed by atoms with van der Waals surface area (Å²) in [5.74, 6) is -0.774. The molecule has 1 aliphatic rings. The topological polar surface area (TPSA) is 98.1 Å². The number of amides is 1. The molecule has 1 heterocycles. The maximum Gasteiger partial charge on any atom is 0.262 e. The Morgan fingerprint density at radius 1 is 0.833 bits per heavy atom. The van der Waals surface area contributed by atoms with Crippen LogP contribution in [-0.2, 0) is 4.79 Å². The highest BCUT2D eigenvalue weighted by Gasteiger charge is 2.30. The standard InChI is InChI=1S/C28H23N3O4S/c1-15(2)31-27(35)21-10-6-7-11-23(21)30-28(31)36-16(3)26(34)29-17-12-13-20-22(14-17)25(33)19-9-5-4-8-18(19)24(20)32/h4-16H,1-3H3,(H,29,34). The molecule has 0 saturated heterocycles. The van der Waals surface area contributed by atoms with Gasteiger partial charge in [0.15, 0.2) is 16.7 Å². The van der Waals surface area contributed by atoms with E-state index in [-0.39, 0.29) is 34.6 Å². The number of nitrogens with zero attached hydrogens (tertiary/aromatic N) is 2. The summed E-state index contributed by atoms with van der Waals surface area (Å²) in [6, 6.07) is 18.5. The van der Waals surface area contributed by atoms with Crippen molar-refractivity contribution in [2.75, 3.05) is 5.32 Å². The van der Waals surface area contributed by atoms with Crippen molar-refractivity contribution in [1.29, 1.82) is 0 Å². The summed E-state index contributed by atoms with van der Waals surface area (Å²) in [6.45, 7) is 5.53. The highest BCUT2D eigenvalue weighted by Crippen LogP contribution is 2.30. The van der Waals surface area contributed by atoms with Gasteiger partial charge >= 0.3 is 0 Å². The minimum atomic E-state index is -0.586. The molecule has 3 aromatic carbocycles. The maximum absolute atomic E-state index is 13.1. The average molecular weight is 498 g/mol. The molecule has 1 aliphatic carbocycles. The molecule has 4 aromatic rings. The van der Waals surface area contributed by atoms with Gasteiger partial charge in [0.2, 0.25) is 5.91 Å². The fourth-order valence-electron chi connectivity index (χ4n) is 4.30. The summed E-state index contributed by atoms with van der Waals surface area (Å²) >= 11 is 1.19. The number of hydrogen-bond donors (Lipinski definition) is 1. The normalized spacial score (nSPS) is 13.4. The van der Waals surface area contributed by atoms with Gasteiger partial charge in [-0.2, -0.15) is 0 Å². The van der Waals surface area contributed by atoms with Crippen LogP contribution in [0.2, 0.25) is 0 Å². The van der Waals surface area contributed by atoms with Crippen LogP contribution in [0.3, 0.4) is 0 Å². The first kappa shape index (κ1) is 23.7. The molecule has 0 spiro atoms. The van der Waals surface area contributed by atoms with E-state index in [1.54, 1.807) is 72.2 Å². The van der Waals surface area contributed by atoms with Gasteiger partial charge < -0.3 is 5.32 Å². The van der Waals surface area contributed by atoms with Crippen LogP contribution >= 0.6 is 11.8 Å². The lowest BCUT2D eigenvalue weighted by Crippen LogP contribution is -2.28. The number of carbonyl (C=O) groups is 3. The van der Waals surface area contributed by atoms with E-state index in [0.717, 1.165) is 0 Å². The molecule has 0 aliphatic heterocycles. The Labute approximate surface area is 211 Å². The van der Waals surface area contributed by atoms with Crippen molar-refractivity contribution < 1.29 is 14.4 Å². The fraction of sp³-hybridized carbons (Fsp3) is 0.179. The molecular weight excluding hydrogens is 474 g/mol. The first-order chi connectivity index (χ1) is 17.3. The largest absolute Gasteiger partial charge is 0.325 e. The molecule has 1 N–H and O–H groups in total. The highest BCUT2D eigenvalue weighted by molar-refractivity contribution is 8.00. The predicted molar refractivity (Wildman–Crippen MR) is 140 cm³/mol. The van der Waals surface area contributed by atoms with Gasteiger partial charge in [-0.25, -0.2) is 4.98 Å². The minimum absolute atomic E-state index is 0.139. The molecule has 1 aromatic heterocycles. The minimum Gasteiger partial charge on any atom is -0.325 e. The predicted octanol–water partition coefficient (Wildman–Crippen LogP) is 4.87. The van der Waals surface area contributed by atoms with E-state index >= 15 is 0 Å². The lowest BCUT2D eigenvalue weighted by molar-refractivity contribution is -0.115. The molecule has 7 nitrogen and oxygen atoms in total. The summed E-state index contributed by atoms with van der Waals surface area (Å²) in [5.41, 5.74) is 2.17. The molecule has 0 radical (unpaired) electrons. The number of anilines is 1. The SMILES string of the molecule is CC(Sc1nc2ccccc2c(=O)n1C(C)C)C(=O)Nc1ccc2c(c1)C(=O)c1ccccc1C2=O. The fourth-order valence-corrected chi connectivity index (χ4v) is 5.34.